The van der Waals surface area contributed by atoms with E-state index < -0.39 is 5.41 Å². The summed E-state index contributed by atoms with van der Waals surface area (Å²) in [5.41, 5.74) is 1.23. The van der Waals surface area contributed by atoms with E-state index in [0.717, 1.165) is 24.2 Å². The second-order valence-corrected chi connectivity index (χ2v) is 5.38. The van der Waals surface area contributed by atoms with Crippen LogP contribution in [0.4, 0.5) is 0 Å². The Labute approximate surface area is 108 Å². The van der Waals surface area contributed by atoms with Crippen molar-refractivity contribution in [2.75, 3.05) is 13.7 Å². The molecule has 0 heterocycles. The van der Waals surface area contributed by atoms with Crippen molar-refractivity contribution in [2.45, 2.75) is 32.6 Å². The molecule has 3 nitrogen and oxygen atoms in total. The average molecular weight is 248 g/mol. The summed E-state index contributed by atoms with van der Waals surface area (Å²) in [5.74, 6) is 1.18. The topological polar surface area (TPSA) is 46.5 Å². The van der Waals surface area contributed by atoms with Crippen LogP contribution >= 0.6 is 0 Å². The molecule has 0 radical (unpaired) electrons. The highest BCUT2D eigenvalue weighted by Crippen LogP contribution is 2.48. The van der Waals surface area contributed by atoms with Crippen molar-refractivity contribution in [3.05, 3.63) is 29.3 Å². The lowest BCUT2D eigenvalue weighted by Gasteiger charge is -2.15. The molecule has 0 aromatic heterocycles. The fourth-order valence-electron chi connectivity index (χ4n) is 2.24. The van der Waals surface area contributed by atoms with Gasteiger partial charge in [-0.1, -0.05) is 13.8 Å². The van der Waals surface area contributed by atoms with Gasteiger partial charge in [-0.15, -0.1) is 0 Å². The minimum Gasteiger partial charge on any atom is -0.496 e. The Morgan fingerprint density at radius 2 is 2.11 bits per heavy atom. The van der Waals surface area contributed by atoms with Crippen LogP contribution in [0.15, 0.2) is 18.2 Å². The molecule has 0 spiro atoms. The van der Waals surface area contributed by atoms with Gasteiger partial charge in [-0.3, -0.25) is 4.79 Å². The molecule has 2 rings (SSSR count). The van der Waals surface area contributed by atoms with Gasteiger partial charge in [0.1, 0.15) is 5.75 Å². The number of hydrogen-bond acceptors (Lipinski definition) is 3. The van der Waals surface area contributed by atoms with Crippen LogP contribution in [0.25, 0.3) is 0 Å². The van der Waals surface area contributed by atoms with Gasteiger partial charge >= 0.3 is 0 Å². The van der Waals surface area contributed by atoms with E-state index >= 15 is 0 Å². The van der Waals surface area contributed by atoms with Crippen molar-refractivity contribution in [1.82, 2.24) is 0 Å². The third-order valence-corrected chi connectivity index (χ3v) is 3.75. The number of aliphatic hydroxyl groups is 1. The molecule has 1 aromatic rings. The van der Waals surface area contributed by atoms with Gasteiger partial charge in [0.15, 0.2) is 5.78 Å². The number of ether oxygens (including phenoxy) is 1. The molecule has 1 aliphatic carbocycles. The first-order chi connectivity index (χ1) is 8.54. The van der Waals surface area contributed by atoms with E-state index in [2.05, 4.69) is 13.8 Å². The van der Waals surface area contributed by atoms with Crippen LogP contribution in [0.2, 0.25) is 0 Å². The van der Waals surface area contributed by atoms with Crippen molar-refractivity contribution in [3.8, 4) is 5.75 Å². The molecule has 98 valence electrons. The lowest BCUT2D eigenvalue weighted by molar-refractivity contribution is 0.0829. The molecule has 0 atom stereocenters. The van der Waals surface area contributed by atoms with Crippen LogP contribution < -0.4 is 4.74 Å². The van der Waals surface area contributed by atoms with Gasteiger partial charge in [-0.2, -0.15) is 0 Å². The van der Waals surface area contributed by atoms with Crippen LogP contribution in [-0.2, 0) is 0 Å². The number of carbonyl (C=O) groups is 1. The summed E-state index contributed by atoms with van der Waals surface area (Å²) in [6.45, 7) is 4.10. The molecule has 1 fully saturated rings. The number of Topliss-reactive ketones (excluding diaryl/α,β-unsaturated/α-hetero) is 1. The fraction of sp³-hybridized carbons (Fsp3) is 0.533. The average Bonchev–Trinajstić information content (AvgIpc) is 3.18. The summed E-state index contributed by atoms with van der Waals surface area (Å²) >= 11 is 0. The Bertz CT molecular complexity index is 459. The van der Waals surface area contributed by atoms with E-state index in [1.165, 1.54) is 0 Å². The number of carbonyl (C=O) groups excluding carboxylic acids is 1. The van der Waals surface area contributed by atoms with Gasteiger partial charge in [-0.05, 0) is 42.5 Å². The Hall–Kier alpha value is -1.35. The van der Waals surface area contributed by atoms with Crippen LogP contribution in [0, 0.1) is 5.41 Å². The van der Waals surface area contributed by atoms with Gasteiger partial charge < -0.3 is 9.84 Å². The molecule has 1 saturated carbocycles. The van der Waals surface area contributed by atoms with Crippen molar-refractivity contribution >= 4 is 5.78 Å². The Morgan fingerprint density at radius 1 is 1.44 bits per heavy atom. The van der Waals surface area contributed by atoms with Crippen LogP contribution in [-0.4, -0.2) is 24.6 Å². The minimum atomic E-state index is -0.497. The molecular formula is C15H20O3. The highest BCUT2D eigenvalue weighted by atomic mass is 16.5. The van der Waals surface area contributed by atoms with E-state index in [4.69, 9.17) is 4.74 Å². The van der Waals surface area contributed by atoms with Crippen LogP contribution in [0.3, 0.4) is 0 Å². The Morgan fingerprint density at radius 3 is 2.56 bits per heavy atom. The first-order valence-corrected chi connectivity index (χ1v) is 6.37. The molecule has 0 aliphatic heterocycles. The zero-order chi connectivity index (χ0) is 13.3. The maximum Gasteiger partial charge on any atom is 0.171 e. The summed E-state index contributed by atoms with van der Waals surface area (Å²) < 4.78 is 5.31. The van der Waals surface area contributed by atoms with E-state index in [0.29, 0.717) is 11.5 Å². The fourth-order valence-corrected chi connectivity index (χ4v) is 2.24. The summed E-state index contributed by atoms with van der Waals surface area (Å²) in [4.78, 5) is 12.3. The van der Waals surface area contributed by atoms with Gasteiger partial charge in [0.05, 0.1) is 19.1 Å². The monoisotopic (exact) mass is 248 g/mol. The molecule has 18 heavy (non-hydrogen) atoms. The van der Waals surface area contributed by atoms with Crippen LogP contribution in [0.1, 0.15) is 48.5 Å². The summed E-state index contributed by atoms with van der Waals surface area (Å²) in [6.07, 6.45) is 1.59. The molecule has 0 saturated heterocycles. The van der Waals surface area contributed by atoms with E-state index in [9.17, 15) is 9.90 Å². The smallest absolute Gasteiger partial charge is 0.171 e. The number of methoxy groups -OCH3 is 1. The number of hydrogen-bond donors (Lipinski definition) is 1. The summed E-state index contributed by atoms with van der Waals surface area (Å²) in [5, 5.41) is 9.32. The first-order valence-electron chi connectivity index (χ1n) is 6.37. The second-order valence-electron chi connectivity index (χ2n) is 5.38. The third kappa shape index (κ3) is 2.15. The molecular weight excluding hydrogens is 228 g/mol. The number of aliphatic hydroxyl groups excluding tert-OH is 1. The zero-order valence-electron chi connectivity index (χ0n) is 11.2. The predicted octanol–water partition coefficient (Wildman–Crippen LogP) is 2.77. The van der Waals surface area contributed by atoms with Crippen molar-refractivity contribution in [1.29, 1.82) is 0 Å². The lowest BCUT2D eigenvalue weighted by atomic mass is 9.92. The largest absolute Gasteiger partial charge is 0.496 e. The van der Waals surface area contributed by atoms with Crippen molar-refractivity contribution in [2.24, 2.45) is 5.41 Å². The van der Waals surface area contributed by atoms with E-state index in [1.54, 1.807) is 13.2 Å². The van der Waals surface area contributed by atoms with E-state index in [1.807, 2.05) is 12.1 Å². The third-order valence-electron chi connectivity index (χ3n) is 3.75. The number of benzene rings is 1. The van der Waals surface area contributed by atoms with E-state index in [-0.39, 0.29) is 12.4 Å². The molecule has 1 N–H and O–H groups in total. The molecule has 0 amide bonds. The summed E-state index contributed by atoms with van der Waals surface area (Å²) in [7, 11) is 1.64. The van der Waals surface area contributed by atoms with Crippen molar-refractivity contribution < 1.29 is 14.6 Å². The Kier molecular flexibility index (Phi) is 3.44. The normalized spacial score (nSPS) is 16.7. The molecule has 0 bridgehead atoms. The van der Waals surface area contributed by atoms with Crippen LogP contribution in [0.5, 0.6) is 5.75 Å². The molecule has 1 aliphatic rings. The Balaban J connectivity index is 2.35. The summed E-state index contributed by atoms with van der Waals surface area (Å²) in [6, 6.07) is 5.54. The quantitative estimate of drug-likeness (QED) is 0.815. The molecule has 1 aromatic carbocycles. The number of rotatable bonds is 5. The van der Waals surface area contributed by atoms with Gasteiger partial charge in [-0.25, -0.2) is 0 Å². The van der Waals surface area contributed by atoms with Gasteiger partial charge in [0, 0.05) is 5.56 Å². The van der Waals surface area contributed by atoms with Gasteiger partial charge in [0.2, 0.25) is 0 Å². The second kappa shape index (κ2) is 4.73. The van der Waals surface area contributed by atoms with Crippen molar-refractivity contribution in [3.63, 3.8) is 0 Å². The standard InChI is InChI=1S/C15H20O3/c1-10(2)12-8-11(4-5-13(12)18-3)14(17)15(9-16)6-7-15/h4-5,8,10,16H,6-7,9H2,1-3H3. The zero-order valence-corrected chi connectivity index (χ0v) is 11.2. The number of ketones is 1. The van der Waals surface area contributed by atoms with Gasteiger partial charge in [0.25, 0.3) is 0 Å². The SMILES string of the molecule is COc1ccc(C(=O)C2(CO)CC2)cc1C(C)C. The molecule has 3 heteroatoms. The minimum absolute atomic E-state index is 0.0468. The lowest BCUT2D eigenvalue weighted by Crippen LogP contribution is -2.20. The molecule has 0 unspecified atom stereocenters. The maximum absolute atomic E-state index is 12.3. The predicted molar refractivity (Wildman–Crippen MR) is 70.2 cm³/mol. The highest BCUT2D eigenvalue weighted by molar-refractivity contribution is 6.02. The maximum atomic E-state index is 12.3. The first kappa shape index (κ1) is 13.1. The highest BCUT2D eigenvalue weighted by Gasteiger charge is 2.49.